The summed E-state index contributed by atoms with van der Waals surface area (Å²) in [5, 5.41) is 0.821. The molecule has 0 aromatic carbocycles. The lowest BCUT2D eigenvalue weighted by molar-refractivity contribution is 0.358. The minimum atomic E-state index is 0.533. The highest BCUT2D eigenvalue weighted by Gasteiger charge is 2.25. The summed E-state index contributed by atoms with van der Waals surface area (Å²) in [6.07, 6.45) is 8.07. The van der Waals surface area contributed by atoms with Crippen molar-refractivity contribution in [3.8, 4) is 0 Å². The quantitative estimate of drug-likeness (QED) is 0.783. The zero-order valence-corrected chi connectivity index (χ0v) is 14.3. The van der Waals surface area contributed by atoms with Gasteiger partial charge in [0.15, 0.2) is 5.65 Å². The number of pyridine rings is 1. The van der Waals surface area contributed by atoms with Crippen molar-refractivity contribution >= 4 is 34.5 Å². The van der Waals surface area contributed by atoms with Crippen LogP contribution in [-0.4, -0.2) is 31.9 Å². The maximum Gasteiger partial charge on any atom is 0.160 e. The molecule has 3 nitrogen and oxygen atoms in total. The molecule has 1 aliphatic rings. The van der Waals surface area contributed by atoms with Crippen LogP contribution < -0.4 is 0 Å². The maximum atomic E-state index is 5.97. The van der Waals surface area contributed by atoms with Crippen molar-refractivity contribution in [2.24, 2.45) is 0 Å². The highest BCUT2D eigenvalue weighted by atomic mass is 35.5. The first kappa shape index (κ1) is 15.2. The average molecular weight is 324 g/mol. The number of rotatable bonds is 4. The summed E-state index contributed by atoms with van der Waals surface area (Å²) in [6.45, 7) is 2.04. The van der Waals surface area contributed by atoms with Crippen LogP contribution in [0, 0.1) is 6.92 Å². The minimum absolute atomic E-state index is 0.533. The fourth-order valence-electron chi connectivity index (χ4n) is 3.30. The Balaban J connectivity index is 1.98. The second kappa shape index (κ2) is 6.57. The summed E-state index contributed by atoms with van der Waals surface area (Å²) in [7, 11) is 0. The second-order valence-electron chi connectivity index (χ2n) is 5.80. The van der Waals surface area contributed by atoms with Gasteiger partial charge in [-0.1, -0.05) is 0 Å². The van der Waals surface area contributed by atoms with E-state index in [4.69, 9.17) is 21.6 Å². The lowest BCUT2D eigenvalue weighted by Crippen LogP contribution is -2.21. The van der Waals surface area contributed by atoms with Crippen LogP contribution >= 0.6 is 23.4 Å². The lowest BCUT2D eigenvalue weighted by atomic mass is 9.94. The monoisotopic (exact) mass is 323 g/mol. The third-order valence-electron chi connectivity index (χ3n) is 4.41. The van der Waals surface area contributed by atoms with Gasteiger partial charge in [-0.05, 0) is 51.0 Å². The number of thioether (sulfide) groups is 1. The SMILES string of the molecule is CSC1CCC(n2c(CCCl)nc3ccc(C)nc32)CC1. The normalized spacial score (nSPS) is 22.8. The number of halogens is 1. The zero-order chi connectivity index (χ0) is 14.8. The van der Waals surface area contributed by atoms with Crippen LogP contribution in [0.2, 0.25) is 0 Å². The fraction of sp³-hybridized carbons (Fsp3) is 0.625. The molecule has 114 valence electrons. The van der Waals surface area contributed by atoms with Gasteiger partial charge in [0.1, 0.15) is 11.3 Å². The van der Waals surface area contributed by atoms with Gasteiger partial charge in [-0.3, -0.25) is 0 Å². The van der Waals surface area contributed by atoms with Gasteiger partial charge in [0, 0.05) is 29.3 Å². The molecule has 5 heteroatoms. The molecule has 0 bridgehead atoms. The molecule has 0 amide bonds. The molecule has 2 heterocycles. The number of fused-ring (bicyclic) bond motifs is 1. The third-order valence-corrected chi connectivity index (χ3v) is 5.74. The summed E-state index contributed by atoms with van der Waals surface area (Å²) in [5.41, 5.74) is 3.11. The maximum absolute atomic E-state index is 5.97. The number of aryl methyl sites for hydroxylation is 2. The summed E-state index contributed by atoms with van der Waals surface area (Å²) in [4.78, 5) is 9.51. The van der Waals surface area contributed by atoms with E-state index >= 15 is 0 Å². The van der Waals surface area contributed by atoms with Crippen LogP contribution in [0.25, 0.3) is 11.2 Å². The van der Waals surface area contributed by atoms with Crippen molar-refractivity contribution in [1.29, 1.82) is 0 Å². The van der Waals surface area contributed by atoms with Gasteiger partial charge in [-0.25, -0.2) is 9.97 Å². The Kier molecular flexibility index (Phi) is 4.75. The molecular formula is C16H22ClN3S. The highest BCUT2D eigenvalue weighted by molar-refractivity contribution is 7.99. The van der Waals surface area contributed by atoms with E-state index in [1.807, 2.05) is 24.8 Å². The Hall–Kier alpha value is -0.740. The molecule has 0 aliphatic heterocycles. The van der Waals surface area contributed by atoms with Gasteiger partial charge < -0.3 is 4.57 Å². The highest BCUT2D eigenvalue weighted by Crippen LogP contribution is 2.36. The number of aromatic nitrogens is 3. The summed E-state index contributed by atoms with van der Waals surface area (Å²) in [5.74, 6) is 1.72. The third kappa shape index (κ3) is 3.07. The van der Waals surface area contributed by atoms with E-state index < -0.39 is 0 Å². The van der Waals surface area contributed by atoms with E-state index in [0.717, 1.165) is 34.4 Å². The molecule has 2 aromatic rings. The van der Waals surface area contributed by atoms with E-state index in [1.165, 1.54) is 25.7 Å². The summed E-state index contributed by atoms with van der Waals surface area (Å²) < 4.78 is 2.38. The Morgan fingerprint density at radius 3 is 2.67 bits per heavy atom. The van der Waals surface area contributed by atoms with Crippen molar-refractivity contribution in [3.05, 3.63) is 23.7 Å². The topological polar surface area (TPSA) is 30.7 Å². The van der Waals surface area contributed by atoms with Gasteiger partial charge >= 0.3 is 0 Å². The van der Waals surface area contributed by atoms with Gasteiger partial charge in [0.05, 0.1) is 0 Å². The molecule has 1 fully saturated rings. The van der Waals surface area contributed by atoms with E-state index in [1.54, 1.807) is 0 Å². The van der Waals surface area contributed by atoms with Crippen LogP contribution in [0.15, 0.2) is 12.1 Å². The van der Waals surface area contributed by atoms with Crippen molar-refractivity contribution < 1.29 is 0 Å². The number of nitrogens with zero attached hydrogens (tertiary/aromatic N) is 3. The zero-order valence-electron chi connectivity index (χ0n) is 12.7. The summed E-state index contributed by atoms with van der Waals surface area (Å²) in [6, 6.07) is 4.65. The van der Waals surface area contributed by atoms with Crippen molar-refractivity contribution in [2.75, 3.05) is 12.1 Å². The Morgan fingerprint density at radius 2 is 2.00 bits per heavy atom. The molecule has 0 saturated heterocycles. The molecule has 3 rings (SSSR count). The van der Waals surface area contributed by atoms with Crippen LogP contribution in [-0.2, 0) is 6.42 Å². The Morgan fingerprint density at radius 1 is 1.24 bits per heavy atom. The van der Waals surface area contributed by atoms with Crippen LogP contribution in [0.1, 0.15) is 43.2 Å². The van der Waals surface area contributed by atoms with Crippen LogP contribution in [0.3, 0.4) is 0 Å². The van der Waals surface area contributed by atoms with Crippen molar-refractivity contribution in [2.45, 2.75) is 50.3 Å². The average Bonchev–Trinajstić information content (AvgIpc) is 2.85. The number of imidazole rings is 1. The molecule has 0 spiro atoms. The van der Waals surface area contributed by atoms with E-state index in [0.29, 0.717) is 11.9 Å². The van der Waals surface area contributed by atoms with Gasteiger partial charge in [-0.2, -0.15) is 11.8 Å². The van der Waals surface area contributed by atoms with Crippen molar-refractivity contribution in [3.63, 3.8) is 0 Å². The predicted molar refractivity (Wildman–Crippen MR) is 91.5 cm³/mol. The summed E-state index contributed by atoms with van der Waals surface area (Å²) >= 11 is 7.98. The largest absolute Gasteiger partial charge is 0.310 e. The van der Waals surface area contributed by atoms with E-state index in [2.05, 4.69) is 16.9 Å². The first-order chi connectivity index (χ1) is 10.2. The number of alkyl halides is 1. The molecule has 0 atom stereocenters. The van der Waals surface area contributed by atoms with Gasteiger partial charge in [-0.15, -0.1) is 11.6 Å². The molecule has 1 aliphatic carbocycles. The lowest BCUT2D eigenvalue weighted by Gasteiger charge is -2.29. The smallest absolute Gasteiger partial charge is 0.160 e. The van der Waals surface area contributed by atoms with Crippen molar-refractivity contribution in [1.82, 2.24) is 14.5 Å². The number of hydrogen-bond donors (Lipinski definition) is 0. The van der Waals surface area contributed by atoms with Gasteiger partial charge in [0.25, 0.3) is 0 Å². The van der Waals surface area contributed by atoms with Crippen LogP contribution in [0.4, 0.5) is 0 Å². The minimum Gasteiger partial charge on any atom is -0.310 e. The molecule has 2 aromatic heterocycles. The van der Waals surface area contributed by atoms with E-state index in [-0.39, 0.29) is 0 Å². The molecule has 1 saturated carbocycles. The van der Waals surface area contributed by atoms with E-state index in [9.17, 15) is 0 Å². The van der Waals surface area contributed by atoms with Gasteiger partial charge in [0.2, 0.25) is 0 Å². The first-order valence-electron chi connectivity index (χ1n) is 7.66. The predicted octanol–water partition coefficient (Wildman–Crippen LogP) is 4.37. The Bertz CT molecular complexity index is 617. The number of hydrogen-bond acceptors (Lipinski definition) is 3. The fourth-order valence-corrected chi connectivity index (χ4v) is 4.21. The molecular weight excluding hydrogens is 302 g/mol. The standard InChI is InChI=1S/C16H22ClN3S/c1-11-3-8-14-16(18-11)20(15(19-14)9-10-17)12-4-6-13(21-2)7-5-12/h3,8,12-13H,4-7,9-10H2,1-2H3. The molecule has 0 N–H and O–H groups in total. The van der Waals surface area contributed by atoms with Crippen LogP contribution in [0.5, 0.6) is 0 Å². The molecule has 21 heavy (non-hydrogen) atoms. The molecule has 0 unspecified atom stereocenters. The second-order valence-corrected chi connectivity index (χ2v) is 7.31. The first-order valence-corrected chi connectivity index (χ1v) is 9.48. The molecule has 0 radical (unpaired) electrons. The Labute approximate surface area is 135 Å².